The van der Waals surface area contributed by atoms with Crippen molar-refractivity contribution < 1.29 is 14.3 Å². The van der Waals surface area contributed by atoms with Gasteiger partial charge in [-0.25, -0.2) is 0 Å². The molecule has 0 aliphatic heterocycles. The molecule has 0 aromatic heterocycles. The van der Waals surface area contributed by atoms with Crippen LogP contribution in [0.2, 0.25) is 0 Å². The zero-order chi connectivity index (χ0) is 14.3. The number of carbonyl (C=O) groups excluding carboxylic acids is 1. The Morgan fingerprint density at radius 3 is 2.63 bits per heavy atom. The Bertz CT molecular complexity index is 421. The molecule has 19 heavy (non-hydrogen) atoms. The lowest BCUT2D eigenvalue weighted by molar-refractivity contribution is -0.122. The Balaban J connectivity index is 2.70. The summed E-state index contributed by atoms with van der Waals surface area (Å²) in [5, 5.41) is 5.94. The van der Waals surface area contributed by atoms with Gasteiger partial charge in [0.2, 0.25) is 5.91 Å². The zero-order valence-corrected chi connectivity index (χ0v) is 11.9. The van der Waals surface area contributed by atoms with E-state index in [0.717, 1.165) is 5.56 Å². The summed E-state index contributed by atoms with van der Waals surface area (Å²) in [6.07, 6.45) is 0. The maximum absolute atomic E-state index is 11.6. The summed E-state index contributed by atoms with van der Waals surface area (Å²) in [5.74, 6) is 1.37. The Kier molecular flexibility index (Phi) is 6.15. The smallest absolute Gasteiger partial charge is 0.236 e. The molecule has 0 spiro atoms. The Labute approximate surface area is 114 Å². The first-order valence-corrected chi connectivity index (χ1v) is 6.35. The molecule has 1 rings (SSSR count). The van der Waals surface area contributed by atoms with Crippen LogP contribution >= 0.6 is 0 Å². The van der Waals surface area contributed by atoms with Crippen LogP contribution in [0.4, 0.5) is 0 Å². The number of para-hydroxylation sites is 1. The van der Waals surface area contributed by atoms with Gasteiger partial charge >= 0.3 is 0 Å². The highest BCUT2D eigenvalue weighted by Crippen LogP contribution is 2.30. The van der Waals surface area contributed by atoms with E-state index in [2.05, 4.69) is 10.6 Å². The van der Waals surface area contributed by atoms with Crippen LogP contribution in [-0.2, 0) is 11.3 Å². The summed E-state index contributed by atoms with van der Waals surface area (Å²) in [6, 6.07) is 5.43. The monoisotopic (exact) mass is 266 g/mol. The van der Waals surface area contributed by atoms with Gasteiger partial charge in [0.05, 0.1) is 20.3 Å². The number of hydrogen-bond donors (Lipinski definition) is 2. The molecule has 0 fully saturated rings. The second-order valence-electron chi connectivity index (χ2n) is 4.15. The van der Waals surface area contributed by atoms with Crippen molar-refractivity contribution in [3.63, 3.8) is 0 Å². The summed E-state index contributed by atoms with van der Waals surface area (Å²) in [4.78, 5) is 11.6. The number of ether oxygens (including phenoxy) is 2. The van der Waals surface area contributed by atoms with E-state index in [0.29, 0.717) is 24.6 Å². The fourth-order valence-electron chi connectivity index (χ4n) is 1.78. The average molecular weight is 266 g/mol. The van der Waals surface area contributed by atoms with Crippen LogP contribution in [0.25, 0.3) is 0 Å². The molecule has 5 heteroatoms. The lowest BCUT2D eigenvalue weighted by Crippen LogP contribution is -2.41. The maximum atomic E-state index is 11.6. The van der Waals surface area contributed by atoms with Gasteiger partial charge in [-0.3, -0.25) is 4.79 Å². The number of nitrogens with one attached hydrogen (secondary N) is 2. The van der Waals surface area contributed by atoms with Gasteiger partial charge in [0, 0.05) is 18.7 Å². The molecule has 0 saturated carbocycles. The number of methoxy groups -OCH3 is 2. The standard InChI is InChI=1S/C14H22N2O3/c1-5-15-14(17)10(2)16-9-11-7-6-8-12(18-3)13(11)19-4/h6-8,10,16H,5,9H2,1-4H3,(H,15,17). The molecule has 0 aliphatic rings. The van der Waals surface area contributed by atoms with E-state index in [1.165, 1.54) is 0 Å². The molecule has 0 heterocycles. The first-order valence-electron chi connectivity index (χ1n) is 6.35. The first-order chi connectivity index (χ1) is 9.13. The molecule has 0 bridgehead atoms. The quantitative estimate of drug-likeness (QED) is 0.781. The number of hydrogen-bond acceptors (Lipinski definition) is 4. The molecule has 2 N–H and O–H groups in total. The van der Waals surface area contributed by atoms with E-state index < -0.39 is 0 Å². The van der Waals surface area contributed by atoms with Gasteiger partial charge in [0.15, 0.2) is 11.5 Å². The predicted molar refractivity (Wildman–Crippen MR) is 74.5 cm³/mol. The fourth-order valence-corrected chi connectivity index (χ4v) is 1.78. The molecule has 106 valence electrons. The van der Waals surface area contributed by atoms with Crippen molar-refractivity contribution in [1.29, 1.82) is 0 Å². The first kappa shape index (κ1) is 15.3. The fraction of sp³-hybridized carbons (Fsp3) is 0.500. The third kappa shape index (κ3) is 4.13. The van der Waals surface area contributed by atoms with Crippen LogP contribution in [0.15, 0.2) is 18.2 Å². The Morgan fingerprint density at radius 2 is 2.05 bits per heavy atom. The average Bonchev–Trinajstić information content (AvgIpc) is 2.44. The zero-order valence-electron chi connectivity index (χ0n) is 11.9. The molecule has 1 aromatic carbocycles. The van der Waals surface area contributed by atoms with Gasteiger partial charge in [-0.15, -0.1) is 0 Å². The van der Waals surface area contributed by atoms with Gasteiger partial charge in [-0.05, 0) is 19.9 Å². The van der Waals surface area contributed by atoms with Crippen molar-refractivity contribution >= 4 is 5.91 Å². The minimum atomic E-state index is -0.254. The lowest BCUT2D eigenvalue weighted by atomic mass is 10.1. The normalized spacial score (nSPS) is 11.8. The van der Waals surface area contributed by atoms with Gasteiger partial charge in [-0.1, -0.05) is 12.1 Å². The highest BCUT2D eigenvalue weighted by Gasteiger charge is 2.13. The maximum Gasteiger partial charge on any atom is 0.236 e. The summed E-state index contributed by atoms with van der Waals surface area (Å²) < 4.78 is 10.6. The molecule has 1 atom stereocenters. The van der Waals surface area contributed by atoms with Crippen LogP contribution in [-0.4, -0.2) is 32.7 Å². The second kappa shape index (κ2) is 7.63. The second-order valence-corrected chi connectivity index (χ2v) is 4.15. The Hall–Kier alpha value is -1.75. The number of carbonyl (C=O) groups is 1. The number of amides is 1. The van der Waals surface area contributed by atoms with Gasteiger partial charge in [0.1, 0.15) is 0 Å². The van der Waals surface area contributed by atoms with Crippen molar-refractivity contribution in [2.24, 2.45) is 0 Å². The number of likely N-dealkylation sites (N-methyl/N-ethyl adjacent to an activating group) is 1. The minimum absolute atomic E-state index is 0.00985. The minimum Gasteiger partial charge on any atom is -0.493 e. The summed E-state index contributed by atoms with van der Waals surface area (Å²) in [6.45, 7) is 4.90. The Morgan fingerprint density at radius 1 is 1.32 bits per heavy atom. The van der Waals surface area contributed by atoms with Gasteiger partial charge in [-0.2, -0.15) is 0 Å². The van der Waals surface area contributed by atoms with E-state index in [1.807, 2.05) is 32.0 Å². The molecule has 1 amide bonds. The van der Waals surface area contributed by atoms with Gasteiger partial charge < -0.3 is 20.1 Å². The molecule has 1 unspecified atom stereocenters. The van der Waals surface area contributed by atoms with Crippen LogP contribution < -0.4 is 20.1 Å². The highest BCUT2D eigenvalue weighted by molar-refractivity contribution is 5.81. The van der Waals surface area contributed by atoms with Crippen molar-refractivity contribution in [3.05, 3.63) is 23.8 Å². The van der Waals surface area contributed by atoms with E-state index in [-0.39, 0.29) is 11.9 Å². The van der Waals surface area contributed by atoms with Crippen molar-refractivity contribution in [2.75, 3.05) is 20.8 Å². The largest absolute Gasteiger partial charge is 0.493 e. The van der Waals surface area contributed by atoms with Crippen molar-refractivity contribution in [1.82, 2.24) is 10.6 Å². The lowest BCUT2D eigenvalue weighted by Gasteiger charge is -2.16. The SMILES string of the molecule is CCNC(=O)C(C)NCc1cccc(OC)c1OC. The van der Waals surface area contributed by atoms with Crippen molar-refractivity contribution in [3.8, 4) is 11.5 Å². The van der Waals surface area contributed by atoms with E-state index in [9.17, 15) is 4.79 Å². The molecule has 0 radical (unpaired) electrons. The van der Waals surface area contributed by atoms with Crippen molar-refractivity contribution in [2.45, 2.75) is 26.4 Å². The third-order valence-electron chi connectivity index (χ3n) is 2.83. The van der Waals surface area contributed by atoms with E-state index in [4.69, 9.17) is 9.47 Å². The summed E-state index contributed by atoms with van der Waals surface area (Å²) >= 11 is 0. The van der Waals surface area contributed by atoms with E-state index in [1.54, 1.807) is 14.2 Å². The molecular formula is C14H22N2O3. The molecular weight excluding hydrogens is 244 g/mol. The highest BCUT2D eigenvalue weighted by atomic mass is 16.5. The summed E-state index contributed by atoms with van der Waals surface area (Å²) in [5.41, 5.74) is 0.956. The van der Waals surface area contributed by atoms with E-state index >= 15 is 0 Å². The summed E-state index contributed by atoms with van der Waals surface area (Å²) in [7, 11) is 3.21. The third-order valence-corrected chi connectivity index (χ3v) is 2.83. The molecule has 1 aromatic rings. The van der Waals surface area contributed by atoms with Crippen LogP contribution in [0.3, 0.4) is 0 Å². The molecule has 5 nitrogen and oxygen atoms in total. The number of rotatable bonds is 7. The molecule has 0 saturated heterocycles. The predicted octanol–water partition coefficient (Wildman–Crippen LogP) is 1.32. The topological polar surface area (TPSA) is 59.6 Å². The van der Waals surface area contributed by atoms with Crippen LogP contribution in [0.1, 0.15) is 19.4 Å². The van der Waals surface area contributed by atoms with Crippen LogP contribution in [0.5, 0.6) is 11.5 Å². The number of benzene rings is 1. The van der Waals surface area contributed by atoms with Crippen LogP contribution in [0, 0.1) is 0 Å². The molecule has 0 aliphatic carbocycles. The van der Waals surface area contributed by atoms with Gasteiger partial charge in [0.25, 0.3) is 0 Å².